The predicted molar refractivity (Wildman–Crippen MR) is 27.9 cm³/mol. The minimum absolute atomic E-state index is 0.532. The van der Waals surface area contributed by atoms with Crippen LogP contribution < -0.4 is 5.73 Å². The van der Waals surface area contributed by atoms with Crippen LogP contribution in [0.5, 0.6) is 0 Å². The Labute approximate surface area is 51.1 Å². The topological polar surface area (TPSA) is 101 Å². The van der Waals surface area contributed by atoms with Crippen LogP contribution in [0, 0.1) is 0 Å². The molecule has 5 heteroatoms. The van der Waals surface area contributed by atoms with Gasteiger partial charge in [0, 0.05) is 0 Å². The highest BCUT2D eigenvalue weighted by atomic mass is 16.5. The van der Waals surface area contributed by atoms with E-state index >= 15 is 0 Å². The zero-order valence-electron chi connectivity index (χ0n) is 4.57. The van der Waals surface area contributed by atoms with Crippen LogP contribution in [0.2, 0.25) is 0 Å². The molecule has 0 aromatic heterocycles. The molecule has 0 aliphatic heterocycles. The molecule has 0 heterocycles. The van der Waals surface area contributed by atoms with Gasteiger partial charge in [0.2, 0.25) is 0 Å². The highest BCUT2D eigenvalue weighted by molar-refractivity contribution is 5.80. The molecule has 0 aromatic carbocycles. The van der Waals surface area contributed by atoms with Crippen molar-refractivity contribution in [2.75, 3.05) is 0 Å². The lowest BCUT2D eigenvalue weighted by Crippen LogP contribution is -2.32. The quantitative estimate of drug-likeness (QED) is 0.425. The Morgan fingerprint density at radius 2 is 1.89 bits per heavy atom. The molecule has 0 aliphatic carbocycles. The molecule has 0 spiro atoms. The average Bonchev–Trinajstić information content (AvgIpc) is 1.63. The van der Waals surface area contributed by atoms with Crippen molar-refractivity contribution >= 4 is 11.9 Å². The molecular formula is C4H7NO4. The Morgan fingerprint density at radius 3 is 2.00 bits per heavy atom. The molecule has 1 atom stereocenters. The van der Waals surface area contributed by atoms with Crippen molar-refractivity contribution < 1.29 is 19.8 Å². The summed E-state index contributed by atoms with van der Waals surface area (Å²) in [5.74, 6) is -2.50. The van der Waals surface area contributed by atoms with Gasteiger partial charge in [-0.1, -0.05) is 0 Å². The molecule has 0 saturated heterocycles. The van der Waals surface area contributed by atoms with Gasteiger partial charge in [0.05, 0.1) is 6.42 Å². The summed E-state index contributed by atoms with van der Waals surface area (Å²) in [7, 11) is 0. The van der Waals surface area contributed by atoms with Gasteiger partial charge < -0.3 is 15.9 Å². The van der Waals surface area contributed by atoms with Gasteiger partial charge >= 0.3 is 11.9 Å². The SMILES string of the molecule is NC(C[13C](=O)O)[13C](=O)O. The summed E-state index contributed by atoms with van der Waals surface area (Å²) in [6.07, 6.45) is -0.532. The molecule has 0 bridgehead atoms. The first-order chi connectivity index (χ1) is 4.04. The van der Waals surface area contributed by atoms with Crippen molar-refractivity contribution in [3.63, 3.8) is 0 Å². The molecule has 0 rings (SSSR count). The fourth-order valence-corrected chi connectivity index (χ4v) is 0.275. The van der Waals surface area contributed by atoms with E-state index in [0.717, 1.165) is 0 Å². The Hall–Kier alpha value is -1.10. The third-order valence-corrected chi connectivity index (χ3v) is 0.712. The van der Waals surface area contributed by atoms with E-state index in [9.17, 15) is 9.59 Å². The number of carboxylic acids is 2. The maximum atomic E-state index is 9.85. The smallest absolute Gasteiger partial charge is 0.321 e. The van der Waals surface area contributed by atoms with Gasteiger partial charge in [-0.05, 0) is 0 Å². The van der Waals surface area contributed by atoms with Gasteiger partial charge in [-0.2, -0.15) is 0 Å². The van der Waals surface area contributed by atoms with Crippen molar-refractivity contribution in [2.24, 2.45) is 5.73 Å². The Kier molecular flexibility index (Phi) is 2.66. The molecule has 0 aromatic rings. The fraction of sp³-hybridized carbons (Fsp3) is 0.500. The Bertz CT molecular complexity index is 133. The summed E-state index contributed by atoms with van der Waals surface area (Å²) >= 11 is 0. The maximum Gasteiger partial charge on any atom is 0.321 e. The molecular weight excluding hydrogens is 128 g/mol. The first-order valence-corrected chi connectivity index (χ1v) is 2.24. The standard InChI is InChI=1S/C4H7NO4/c5-2(4(8)9)1-3(6)7/h2H,1,5H2,(H,6,7)(H,8,9)/i3+1,4+1. The van der Waals surface area contributed by atoms with Crippen molar-refractivity contribution in [2.45, 2.75) is 12.5 Å². The first-order valence-electron chi connectivity index (χ1n) is 2.24. The summed E-state index contributed by atoms with van der Waals surface area (Å²) in [5, 5.41) is 16.0. The average molecular weight is 135 g/mol. The molecule has 0 radical (unpaired) electrons. The number of carbonyl (C=O) groups is 2. The van der Waals surface area contributed by atoms with E-state index in [1.807, 2.05) is 0 Å². The number of hydrogen-bond acceptors (Lipinski definition) is 3. The second kappa shape index (κ2) is 3.03. The summed E-state index contributed by atoms with van der Waals surface area (Å²) in [6.45, 7) is 0. The second-order valence-electron chi connectivity index (χ2n) is 1.54. The third-order valence-electron chi connectivity index (χ3n) is 0.712. The van der Waals surface area contributed by atoms with Gasteiger partial charge in [-0.3, -0.25) is 9.59 Å². The van der Waals surface area contributed by atoms with Crippen molar-refractivity contribution in [1.29, 1.82) is 0 Å². The number of nitrogens with two attached hydrogens (primary N) is 1. The van der Waals surface area contributed by atoms with Gasteiger partial charge in [0.25, 0.3) is 0 Å². The van der Waals surface area contributed by atoms with Gasteiger partial charge in [0.15, 0.2) is 0 Å². The molecule has 1 unspecified atom stereocenters. The van der Waals surface area contributed by atoms with Gasteiger partial charge in [0.1, 0.15) is 6.04 Å². The Morgan fingerprint density at radius 1 is 1.44 bits per heavy atom. The van der Waals surface area contributed by atoms with Crippen LogP contribution in [0.4, 0.5) is 0 Å². The Balaban J connectivity index is 3.63. The van der Waals surface area contributed by atoms with E-state index in [1.54, 1.807) is 0 Å². The summed E-state index contributed by atoms with van der Waals surface area (Å²) in [6, 6.07) is -1.29. The number of rotatable bonds is 3. The molecule has 0 saturated carbocycles. The number of aliphatic carboxylic acids is 2. The lowest BCUT2D eigenvalue weighted by molar-refractivity contribution is -0.144. The predicted octanol–water partition coefficient (Wildman–Crippen LogP) is -1.13. The number of carboxylic acid groups (broad SMARTS) is 2. The van der Waals surface area contributed by atoms with E-state index < -0.39 is 24.4 Å². The first kappa shape index (κ1) is 7.90. The maximum absolute atomic E-state index is 9.85. The minimum atomic E-state index is -1.29. The summed E-state index contributed by atoms with van der Waals surface area (Å²) in [5.41, 5.74) is 4.84. The molecule has 0 aliphatic rings. The van der Waals surface area contributed by atoms with E-state index in [4.69, 9.17) is 15.9 Å². The molecule has 52 valence electrons. The molecule has 0 fully saturated rings. The zero-order valence-corrected chi connectivity index (χ0v) is 4.57. The molecule has 0 amide bonds. The highest BCUT2D eigenvalue weighted by Crippen LogP contribution is 1.86. The van der Waals surface area contributed by atoms with Crippen molar-refractivity contribution in [1.82, 2.24) is 0 Å². The van der Waals surface area contributed by atoms with Crippen molar-refractivity contribution in [3.8, 4) is 0 Å². The van der Waals surface area contributed by atoms with Crippen LogP contribution in [-0.2, 0) is 9.59 Å². The normalized spacial score (nSPS) is 12.6. The third kappa shape index (κ3) is 3.48. The van der Waals surface area contributed by atoms with Crippen molar-refractivity contribution in [3.05, 3.63) is 0 Å². The minimum Gasteiger partial charge on any atom is -0.481 e. The lowest BCUT2D eigenvalue weighted by Gasteiger charge is -1.99. The van der Waals surface area contributed by atoms with Gasteiger partial charge in [-0.25, -0.2) is 0 Å². The summed E-state index contributed by atoms with van der Waals surface area (Å²) < 4.78 is 0. The van der Waals surface area contributed by atoms with Crippen LogP contribution in [-0.4, -0.2) is 28.2 Å². The lowest BCUT2D eigenvalue weighted by atomic mass is 10.4. The van der Waals surface area contributed by atoms with E-state index in [1.165, 1.54) is 0 Å². The molecule has 5 nitrogen and oxygen atoms in total. The van der Waals surface area contributed by atoms with Crippen LogP contribution in [0.25, 0.3) is 0 Å². The van der Waals surface area contributed by atoms with Crippen LogP contribution in [0.3, 0.4) is 0 Å². The molecule has 9 heavy (non-hydrogen) atoms. The monoisotopic (exact) mass is 135 g/mol. The van der Waals surface area contributed by atoms with Crippen LogP contribution >= 0.6 is 0 Å². The largest absolute Gasteiger partial charge is 0.481 e. The summed E-state index contributed by atoms with van der Waals surface area (Å²) in [4.78, 5) is 19.6. The zero-order chi connectivity index (χ0) is 7.44. The van der Waals surface area contributed by atoms with Crippen LogP contribution in [0.15, 0.2) is 0 Å². The van der Waals surface area contributed by atoms with E-state index in [2.05, 4.69) is 0 Å². The van der Waals surface area contributed by atoms with Crippen LogP contribution in [0.1, 0.15) is 6.42 Å². The highest BCUT2D eigenvalue weighted by Gasteiger charge is 2.14. The number of hydrogen-bond donors (Lipinski definition) is 3. The van der Waals surface area contributed by atoms with E-state index in [0.29, 0.717) is 0 Å². The second-order valence-corrected chi connectivity index (χ2v) is 1.54. The fourth-order valence-electron chi connectivity index (χ4n) is 0.275. The van der Waals surface area contributed by atoms with E-state index in [-0.39, 0.29) is 0 Å². The molecule has 4 N–H and O–H groups in total. The van der Waals surface area contributed by atoms with Gasteiger partial charge in [-0.15, -0.1) is 0 Å².